The second-order valence-electron chi connectivity index (χ2n) is 4.17. The first kappa shape index (κ1) is 12.3. The Morgan fingerprint density at radius 2 is 2.00 bits per heavy atom. The normalized spacial score (nSPS) is 10.3. The summed E-state index contributed by atoms with van der Waals surface area (Å²) >= 11 is 0. The average Bonchev–Trinajstić information content (AvgIpc) is 2.74. The molecule has 0 fully saturated rings. The molecular weight excluding hydrogens is 230 g/mol. The van der Waals surface area contributed by atoms with Crippen LogP contribution in [0.1, 0.15) is 22.8 Å². The van der Waals surface area contributed by atoms with Crippen molar-refractivity contribution >= 4 is 5.91 Å². The van der Waals surface area contributed by atoms with Gasteiger partial charge in [-0.25, -0.2) is 0 Å². The summed E-state index contributed by atoms with van der Waals surface area (Å²) in [4.78, 5) is 15.6. The number of carbonyl (C=O) groups is 1. The van der Waals surface area contributed by atoms with Crippen molar-refractivity contribution in [3.05, 3.63) is 47.1 Å². The summed E-state index contributed by atoms with van der Waals surface area (Å²) in [6.45, 7) is 4.23. The van der Waals surface area contributed by atoms with Crippen LogP contribution in [0.4, 0.5) is 0 Å². The smallest absolute Gasteiger partial charge is 0.228 e. The van der Waals surface area contributed by atoms with E-state index in [-0.39, 0.29) is 12.3 Å². The fourth-order valence-corrected chi connectivity index (χ4v) is 1.53. The lowest BCUT2D eigenvalue weighted by Gasteiger charge is -2.04. The van der Waals surface area contributed by atoms with E-state index in [0.29, 0.717) is 18.3 Å². The highest BCUT2D eigenvalue weighted by molar-refractivity contribution is 5.77. The van der Waals surface area contributed by atoms with Crippen LogP contribution in [0.3, 0.4) is 0 Å². The van der Waals surface area contributed by atoms with Gasteiger partial charge in [-0.2, -0.15) is 4.98 Å². The standard InChI is InChI=1S/C13H15N3O2/c1-9-3-5-11(6-4-9)8-14-13(17)7-12-15-10(2)18-16-12/h3-6H,7-8H2,1-2H3,(H,14,17). The summed E-state index contributed by atoms with van der Waals surface area (Å²) in [5, 5.41) is 6.49. The van der Waals surface area contributed by atoms with Gasteiger partial charge in [0.15, 0.2) is 5.82 Å². The van der Waals surface area contributed by atoms with E-state index in [1.54, 1.807) is 6.92 Å². The maximum Gasteiger partial charge on any atom is 0.228 e. The van der Waals surface area contributed by atoms with Crippen molar-refractivity contribution in [2.75, 3.05) is 0 Å². The lowest BCUT2D eigenvalue weighted by molar-refractivity contribution is -0.120. The van der Waals surface area contributed by atoms with E-state index in [9.17, 15) is 4.79 Å². The Hall–Kier alpha value is -2.17. The Labute approximate surface area is 105 Å². The predicted octanol–water partition coefficient (Wildman–Crippen LogP) is 1.55. The Morgan fingerprint density at radius 3 is 2.61 bits per heavy atom. The van der Waals surface area contributed by atoms with Gasteiger partial charge in [-0.15, -0.1) is 0 Å². The molecule has 5 nitrogen and oxygen atoms in total. The number of rotatable bonds is 4. The van der Waals surface area contributed by atoms with Gasteiger partial charge in [-0.1, -0.05) is 35.0 Å². The van der Waals surface area contributed by atoms with Crippen LogP contribution in [0.25, 0.3) is 0 Å². The minimum Gasteiger partial charge on any atom is -0.352 e. The lowest BCUT2D eigenvalue weighted by atomic mass is 10.1. The fraction of sp³-hybridized carbons (Fsp3) is 0.308. The molecule has 1 N–H and O–H groups in total. The highest BCUT2D eigenvalue weighted by Crippen LogP contribution is 2.02. The molecule has 0 bridgehead atoms. The third-order valence-electron chi connectivity index (χ3n) is 2.50. The number of nitrogens with one attached hydrogen (secondary N) is 1. The summed E-state index contributed by atoms with van der Waals surface area (Å²) in [5.74, 6) is 0.765. The number of nitrogens with zero attached hydrogens (tertiary/aromatic N) is 2. The van der Waals surface area contributed by atoms with Crippen LogP contribution >= 0.6 is 0 Å². The number of hydrogen-bond donors (Lipinski definition) is 1. The van der Waals surface area contributed by atoms with Crippen LogP contribution in [-0.4, -0.2) is 16.0 Å². The summed E-state index contributed by atoms with van der Waals surface area (Å²) in [6.07, 6.45) is 0.142. The topological polar surface area (TPSA) is 68.0 Å². The second-order valence-corrected chi connectivity index (χ2v) is 4.17. The molecule has 2 aromatic rings. The first-order chi connectivity index (χ1) is 8.63. The maximum atomic E-state index is 11.6. The van der Waals surface area contributed by atoms with Gasteiger partial charge in [0.25, 0.3) is 0 Å². The molecule has 0 spiro atoms. The Balaban J connectivity index is 1.83. The maximum absolute atomic E-state index is 11.6. The van der Waals surface area contributed by atoms with Gasteiger partial charge in [0.1, 0.15) is 0 Å². The van der Waals surface area contributed by atoms with Crippen LogP contribution in [0.15, 0.2) is 28.8 Å². The average molecular weight is 245 g/mol. The summed E-state index contributed by atoms with van der Waals surface area (Å²) in [5.41, 5.74) is 2.27. The van der Waals surface area contributed by atoms with Gasteiger partial charge in [0, 0.05) is 13.5 Å². The van der Waals surface area contributed by atoms with Crippen molar-refractivity contribution < 1.29 is 9.32 Å². The molecule has 5 heteroatoms. The molecule has 0 aliphatic rings. The molecule has 1 aromatic carbocycles. The van der Waals surface area contributed by atoms with Crippen LogP contribution in [0.5, 0.6) is 0 Å². The molecule has 0 atom stereocenters. The number of aromatic nitrogens is 2. The molecular formula is C13H15N3O2. The number of aryl methyl sites for hydroxylation is 2. The first-order valence-corrected chi connectivity index (χ1v) is 5.75. The van der Waals surface area contributed by atoms with Crippen LogP contribution in [-0.2, 0) is 17.8 Å². The Bertz CT molecular complexity index is 531. The van der Waals surface area contributed by atoms with E-state index in [1.807, 2.05) is 31.2 Å². The monoisotopic (exact) mass is 245 g/mol. The minimum atomic E-state index is -0.114. The number of hydrogen-bond acceptors (Lipinski definition) is 4. The first-order valence-electron chi connectivity index (χ1n) is 5.75. The van der Waals surface area contributed by atoms with Crippen LogP contribution in [0.2, 0.25) is 0 Å². The van der Waals surface area contributed by atoms with Gasteiger partial charge >= 0.3 is 0 Å². The van der Waals surface area contributed by atoms with E-state index in [0.717, 1.165) is 5.56 Å². The SMILES string of the molecule is Cc1ccc(CNC(=O)Cc2noc(C)n2)cc1. The zero-order valence-electron chi connectivity index (χ0n) is 10.4. The van der Waals surface area contributed by atoms with Gasteiger partial charge < -0.3 is 9.84 Å². The van der Waals surface area contributed by atoms with Gasteiger partial charge in [0.2, 0.25) is 11.8 Å². The number of benzene rings is 1. The second kappa shape index (κ2) is 5.44. The van der Waals surface area contributed by atoms with Crippen molar-refractivity contribution in [3.63, 3.8) is 0 Å². The zero-order chi connectivity index (χ0) is 13.0. The van der Waals surface area contributed by atoms with E-state index in [1.165, 1.54) is 5.56 Å². The van der Waals surface area contributed by atoms with Crippen molar-refractivity contribution in [1.82, 2.24) is 15.5 Å². The summed E-state index contributed by atoms with van der Waals surface area (Å²) < 4.78 is 4.80. The molecule has 0 saturated heterocycles. The van der Waals surface area contributed by atoms with E-state index >= 15 is 0 Å². The zero-order valence-corrected chi connectivity index (χ0v) is 10.4. The van der Waals surface area contributed by atoms with Crippen molar-refractivity contribution in [2.45, 2.75) is 26.8 Å². The molecule has 1 heterocycles. The highest BCUT2D eigenvalue weighted by Gasteiger charge is 2.08. The van der Waals surface area contributed by atoms with E-state index < -0.39 is 0 Å². The van der Waals surface area contributed by atoms with Gasteiger partial charge in [-0.05, 0) is 12.5 Å². The predicted molar refractivity (Wildman–Crippen MR) is 65.8 cm³/mol. The molecule has 2 rings (SSSR count). The fourth-order valence-electron chi connectivity index (χ4n) is 1.53. The third kappa shape index (κ3) is 3.41. The summed E-state index contributed by atoms with van der Waals surface area (Å²) in [7, 11) is 0. The van der Waals surface area contributed by atoms with Crippen LogP contribution < -0.4 is 5.32 Å². The Kier molecular flexibility index (Phi) is 3.72. The molecule has 1 aromatic heterocycles. The summed E-state index contributed by atoms with van der Waals surface area (Å²) in [6, 6.07) is 8.02. The van der Waals surface area contributed by atoms with Crippen molar-refractivity contribution in [2.24, 2.45) is 0 Å². The largest absolute Gasteiger partial charge is 0.352 e. The van der Waals surface area contributed by atoms with E-state index in [2.05, 4.69) is 15.5 Å². The molecule has 0 saturated carbocycles. The molecule has 0 aliphatic carbocycles. The molecule has 18 heavy (non-hydrogen) atoms. The van der Waals surface area contributed by atoms with Gasteiger partial charge in [-0.3, -0.25) is 4.79 Å². The molecule has 94 valence electrons. The molecule has 0 aliphatic heterocycles. The Morgan fingerprint density at radius 1 is 1.28 bits per heavy atom. The number of amides is 1. The molecule has 0 radical (unpaired) electrons. The highest BCUT2D eigenvalue weighted by atomic mass is 16.5. The van der Waals surface area contributed by atoms with Gasteiger partial charge in [0.05, 0.1) is 6.42 Å². The molecule has 0 unspecified atom stereocenters. The van der Waals surface area contributed by atoms with E-state index in [4.69, 9.17) is 4.52 Å². The minimum absolute atomic E-state index is 0.114. The van der Waals surface area contributed by atoms with Crippen molar-refractivity contribution in [1.29, 1.82) is 0 Å². The third-order valence-corrected chi connectivity index (χ3v) is 2.50. The van der Waals surface area contributed by atoms with Crippen LogP contribution in [0, 0.1) is 13.8 Å². The number of carbonyl (C=O) groups excluding carboxylic acids is 1. The van der Waals surface area contributed by atoms with Crippen molar-refractivity contribution in [3.8, 4) is 0 Å². The quantitative estimate of drug-likeness (QED) is 0.887. The molecule has 1 amide bonds. The lowest BCUT2D eigenvalue weighted by Crippen LogP contribution is -2.24.